The van der Waals surface area contributed by atoms with Crippen molar-refractivity contribution in [2.24, 2.45) is 5.10 Å². The van der Waals surface area contributed by atoms with Gasteiger partial charge in [-0.1, -0.05) is 58.9 Å². The van der Waals surface area contributed by atoms with Crippen LogP contribution in [0, 0.1) is 0 Å². The van der Waals surface area contributed by atoms with Crippen molar-refractivity contribution in [2.75, 3.05) is 0 Å². The van der Waals surface area contributed by atoms with Crippen molar-refractivity contribution in [3.63, 3.8) is 0 Å². The van der Waals surface area contributed by atoms with E-state index >= 15 is 0 Å². The Labute approximate surface area is 232 Å². The first-order valence-corrected chi connectivity index (χ1v) is 13.6. The number of nitrogens with zero attached hydrogens (tertiary/aromatic N) is 3. The SMILES string of the molecule is O=C(O)c1cccc(COc2ccc(C=Nn3c(C4CCCCC4)nc4ccc(Br)cc4c3=O)cc2Cl)c1. The number of carboxylic acids is 1. The Morgan fingerprint density at radius 3 is 2.71 bits per heavy atom. The minimum Gasteiger partial charge on any atom is -0.487 e. The second-order valence-corrected chi connectivity index (χ2v) is 10.6. The van der Waals surface area contributed by atoms with E-state index < -0.39 is 5.97 Å². The number of halogens is 2. The van der Waals surface area contributed by atoms with E-state index in [0.29, 0.717) is 33.1 Å². The first-order valence-electron chi connectivity index (χ1n) is 12.4. The molecule has 4 aromatic rings. The van der Waals surface area contributed by atoms with Gasteiger partial charge in [0.2, 0.25) is 0 Å². The predicted molar refractivity (Wildman–Crippen MR) is 152 cm³/mol. The highest BCUT2D eigenvalue weighted by atomic mass is 79.9. The molecule has 1 aliphatic rings. The fraction of sp³-hybridized carbons (Fsp3) is 0.241. The predicted octanol–water partition coefficient (Wildman–Crippen LogP) is 7.02. The lowest BCUT2D eigenvalue weighted by molar-refractivity contribution is 0.0696. The molecule has 194 valence electrons. The molecule has 3 aromatic carbocycles. The van der Waals surface area contributed by atoms with Crippen LogP contribution in [0.3, 0.4) is 0 Å². The molecule has 0 atom stereocenters. The number of hydrogen-bond donors (Lipinski definition) is 1. The third-order valence-electron chi connectivity index (χ3n) is 6.65. The normalized spacial score (nSPS) is 14.3. The Kier molecular flexibility index (Phi) is 7.90. The van der Waals surface area contributed by atoms with Crippen molar-refractivity contribution in [3.8, 4) is 5.75 Å². The van der Waals surface area contributed by atoms with Gasteiger partial charge in [-0.3, -0.25) is 4.79 Å². The molecule has 0 spiro atoms. The summed E-state index contributed by atoms with van der Waals surface area (Å²) in [7, 11) is 0. The van der Waals surface area contributed by atoms with Crippen LogP contribution in [0.25, 0.3) is 10.9 Å². The minimum absolute atomic E-state index is 0.173. The molecule has 0 aliphatic heterocycles. The monoisotopic (exact) mass is 593 g/mol. The molecule has 0 saturated heterocycles. The largest absolute Gasteiger partial charge is 0.487 e. The highest BCUT2D eigenvalue weighted by Crippen LogP contribution is 2.32. The summed E-state index contributed by atoms with van der Waals surface area (Å²) in [6.45, 7) is 0.173. The summed E-state index contributed by atoms with van der Waals surface area (Å²) in [6, 6.07) is 17.3. The molecule has 5 rings (SSSR count). The smallest absolute Gasteiger partial charge is 0.335 e. The zero-order chi connectivity index (χ0) is 26.6. The molecule has 7 nitrogen and oxygen atoms in total. The summed E-state index contributed by atoms with van der Waals surface area (Å²) in [5, 5.41) is 14.6. The van der Waals surface area contributed by atoms with E-state index in [2.05, 4.69) is 21.0 Å². The molecule has 38 heavy (non-hydrogen) atoms. The number of rotatable bonds is 7. The van der Waals surface area contributed by atoms with E-state index in [1.807, 2.05) is 12.1 Å². The average Bonchev–Trinajstić information content (AvgIpc) is 2.93. The standard InChI is InChI=1S/C29H25BrClN3O4/c30-22-10-11-25-23(15-22)28(35)34(27(33-25)20-6-2-1-3-7-20)32-16-18-9-12-26(24(31)14-18)38-17-19-5-4-8-21(13-19)29(36)37/h4-5,8-16,20H,1-3,6-7,17H2,(H,36,37). The van der Waals surface area contributed by atoms with E-state index in [9.17, 15) is 14.7 Å². The van der Waals surface area contributed by atoms with Crippen LogP contribution in [0.15, 0.2) is 75.0 Å². The van der Waals surface area contributed by atoms with Crippen LogP contribution in [0.2, 0.25) is 5.02 Å². The van der Waals surface area contributed by atoms with E-state index in [-0.39, 0.29) is 23.6 Å². The van der Waals surface area contributed by atoms with Gasteiger partial charge in [0.1, 0.15) is 18.2 Å². The molecule has 0 radical (unpaired) electrons. The molecule has 9 heteroatoms. The van der Waals surface area contributed by atoms with Crippen molar-refractivity contribution >= 4 is 50.6 Å². The Hall–Kier alpha value is -3.49. The van der Waals surface area contributed by atoms with Crippen LogP contribution in [0.4, 0.5) is 0 Å². The molecule has 1 saturated carbocycles. The molecule has 1 fully saturated rings. The van der Waals surface area contributed by atoms with Crippen LogP contribution in [-0.4, -0.2) is 27.0 Å². The second kappa shape index (κ2) is 11.5. The van der Waals surface area contributed by atoms with Gasteiger partial charge in [-0.2, -0.15) is 9.78 Å². The number of carboxylic acid groups (broad SMARTS) is 1. The summed E-state index contributed by atoms with van der Waals surface area (Å²) >= 11 is 9.92. The summed E-state index contributed by atoms with van der Waals surface area (Å²) in [5.41, 5.74) is 2.08. The highest BCUT2D eigenvalue weighted by molar-refractivity contribution is 9.10. The molecule has 1 heterocycles. The zero-order valence-corrected chi connectivity index (χ0v) is 22.8. The maximum absolute atomic E-state index is 13.5. The van der Waals surface area contributed by atoms with Gasteiger partial charge in [0.05, 0.1) is 27.7 Å². The number of carbonyl (C=O) groups is 1. The van der Waals surface area contributed by atoms with Gasteiger partial charge in [-0.05, 0) is 72.5 Å². The van der Waals surface area contributed by atoms with E-state index in [1.165, 1.54) is 17.2 Å². The lowest BCUT2D eigenvalue weighted by atomic mass is 9.88. The molecular weight excluding hydrogens is 570 g/mol. The fourth-order valence-electron chi connectivity index (χ4n) is 4.70. The third-order valence-corrected chi connectivity index (χ3v) is 7.44. The van der Waals surface area contributed by atoms with Crippen molar-refractivity contribution in [2.45, 2.75) is 44.6 Å². The Balaban J connectivity index is 1.41. The van der Waals surface area contributed by atoms with Crippen LogP contribution < -0.4 is 10.3 Å². The summed E-state index contributed by atoms with van der Waals surface area (Å²) in [4.78, 5) is 29.5. The van der Waals surface area contributed by atoms with Crippen LogP contribution in [0.1, 0.15) is 65.3 Å². The number of ether oxygens (including phenoxy) is 1. The maximum Gasteiger partial charge on any atom is 0.335 e. The van der Waals surface area contributed by atoms with E-state index in [0.717, 1.165) is 35.7 Å². The first kappa shape index (κ1) is 26.1. The topological polar surface area (TPSA) is 93.8 Å². The van der Waals surface area contributed by atoms with Crippen LogP contribution in [0.5, 0.6) is 5.75 Å². The summed E-state index contributed by atoms with van der Waals surface area (Å²) < 4.78 is 8.05. The number of benzene rings is 3. The lowest BCUT2D eigenvalue weighted by Gasteiger charge is -2.22. The quantitative estimate of drug-likeness (QED) is 0.232. The van der Waals surface area contributed by atoms with Gasteiger partial charge in [0.15, 0.2) is 0 Å². The molecule has 0 unspecified atom stereocenters. The molecule has 1 aromatic heterocycles. The van der Waals surface area contributed by atoms with Gasteiger partial charge in [-0.15, -0.1) is 0 Å². The van der Waals surface area contributed by atoms with Gasteiger partial charge in [0, 0.05) is 10.4 Å². The molecular formula is C29H25BrClN3O4. The summed E-state index contributed by atoms with van der Waals surface area (Å²) in [5.74, 6) is 0.339. The number of aromatic carboxylic acids is 1. The number of hydrogen-bond acceptors (Lipinski definition) is 5. The number of aromatic nitrogens is 2. The summed E-state index contributed by atoms with van der Waals surface area (Å²) in [6.07, 6.45) is 6.99. The molecule has 0 bridgehead atoms. The minimum atomic E-state index is -0.992. The van der Waals surface area contributed by atoms with Crippen molar-refractivity contribution in [1.29, 1.82) is 0 Å². The van der Waals surface area contributed by atoms with Gasteiger partial charge in [0.25, 0.3) is 5.56 Å². The van der Waals surface area contributed by atoms with Crippen molar-refractivity contribution in [1.82, 2.24) is 9.66 Å². The van der Waals surface area contributed by atoms with Crippen LogP contribution in [-0.2, 0) is 6.61 Å². The molecule has 0 amide bonds. The van der Waals surface area contributed by atoms with Gasteiger partial charge >= 0.3 is 5.97 Å². The second-order valence-electron chi connectivity index (χ2n) is 9.31. The fourth-order valence-corrected chi connectivity index (χ4v) is 5.30. The highest BCUT2D eigenvalue weighted by Gasteiger charge is 2.22. The lowest BCUT2D eigenvalue weighted by Crippen LogP contribution is -2.25. The van der Waals surface area contributed by atoms with Crippen molar-refractivity contribution < 1.29 is 14.6 Å². The third kappa shape index (κ3) is 5.81. The first-order chi connectivity index (χ1) is 18.4. The van der Waals surface area contributed by atoms with Crippen LogP contribution >= 0.6 is 27.5 Å². The van der Waals surface area contributed by atoms with E-state index in [1.54, 1.807) is 48.7 Å². The number of fused-ring (bicyclic) bond motifs is 1. The average molecular weight is 595 g/mol. The zero-order valence-electron chi connectivity index (χ0n) is 20.4. The molecule has 1 aliphatic carbocycles. The maximum atomic E-state index is 13.5. The van der Waals surface area contributed by atoms with Gasteiger partial charge in [-0.25, -0.2) is 9.78 Å². The molecule has 1 N–H and O–H groups in total. The van der Waals surface area contributed by atoms with E-state index in [4.69, 9.17) is 21.3 Å². The van der Waals surface area contributed by atoms with Crippen molar-refractivity contribution in [3.05, 3.63) is 103 Å². The van der Waals surface area contributed by atoms with Gasteiger partial charge < -0.3 is 9.84 Å². The Morgan fingerprint density at radius 1 is 1.13 bits per heavy atom. The Morgan fingerprint density at radius 2 is 1.95 bits per heavy atom. The Bertz CT molecular complexity index is 1600.